The molecule has 0 aromatic rings. The van der Waals surface area contributed by atoms with Crippen molar-refractivity contribution >= 4 is 5.91 Å². The molecule has 0 aliphatic rings. The molecule has 0 saturated heterocycles. The Morgan fingerprint density at radius 2 is 2.07 bits per heavy atom. The second-order valence-corrected chi connectivity index (χ2v) is 2.68. The average molecular weight is 214 g/mol. The molecule has 84 valence electrons. The highest BCUT2D eigenvalue weighted by molar-refractivity contribution is 5.75. The molecule has 0 aromatic heterocycles. The number of aliphatic hydroxyl groups excluding tert-OH is 1. The molecule has 1 unspecified atom stereocenters. The predicted molar refractivity (Wildman–Crippen MR) is 43.6 cm³/mol. The topological polar surface area (TPSA) is 61.4 Å². The first kappa shape index (κ1) is 13.2. The lowest BCUT2D eigenvalue weighted by molar-refractivity contribution is -0.201. The van der Waals surface area contributed by atoms with Crippen molar-refractivity contribution in [2.45, 2.75) is 18.7 Å². The SMILES string of the molecule is CNC(=O)CCNCC(O)C(F)(F)F. The van der Waals surface area contributed by atoms with Crippen LogP contribution in [0.15, 0.2) is 0 Å². The first-order chi connectivity index (χ1) is 6.38. The second kappa shape index (κ2) is 5.82. The molecule has 0 aromatic carbocycles. The van der Waals surface area contributed by atoms with Crippen molar-refractivity contribution in [3.63, 3.8) is 0 Å². The van der Waals surface area contributed by atoms with E-state index < -0.39 is 18.8 Å². The van der Waals surface area contributed by atoms with E-state index in [1.54, 1.807) is 0 Å². The van der Waals surface area contributed by atoms with Gasteiger partial charge in [-0.2, -0.15) is 13.2 Å². The van der Waals surface area contributed by atoms with Crippen LogP contribution < -0.4 is 10.6 Å². The lowest BCUT2D eigenvalue weighted by atomic mass is 10.3. The maximum Gasteiger partial charge on any atom is 0.415 e. The van der Waals surface area contributed by atoms with Crippen LogP contribution in [0.1, 0.15) is 6.42 Å². The summed E-state index contributed by atoms with van der Waals surface area (Å²) in [4.78, 5) is 10.6. The summed E-state index contributed by atoms with van der Waals surface area (Å²) in [6.07, 6.45) is -6.91. The van der Waals surface area contributed by atoms with Gasteiger partial charge in [0.1, 0.15) is 0 Å². The molecule has 4 nitrogen and oxygen atoms in total. The van der Waals surface area contributed by atoms with E-state index in [4.69, 9.17) is 5.11 Å². The third kappa shape index (κ3) is 5.76. The summed E-state index contributed by atoms with van der Waals surface area (Å²) >= 11 is 0. The predicted octanol–water partition coefficient (Wildman–Crippen LogP) is -0.365. The van der Waals surface area contributed by atoms with Crippen LogP contribution in [0.4, 0.5) is 13.2 Å². The number of carbonyl (C=O) groups is 1. The molecule has 0 heterocycles. The lowest BCUT2D eigenvalue weighted by Crippen LogP contribution is -2.39. The molecule has 0 spiro atoms. The molecular formula is C7H13F3N2O2. The first-order valence-corrected chi connectivity index (χ1v) is 4.04. The van der Waals surface area contributed by atoms with Gasteiger partial charge in [-0.3, -0.25) is 4.79 Å². The normalized spacial score (nSPS) is 13.8. The van der Waals surface area contributed by atoms with E-state index in [0.717, 1.165) is 0 Å². The maximum absolute atomic E-state index is 11.7. The van der Waals surface area contributed by atoms with E-state index in [0.29, 0.717) is 0 Å². The van der Waals surface area contributed by atoms with Gasteiger partial charge in [0, 0.05) is 26.6 Å². The number of nitrogens with one attached hydrogen (secondary N) is 2. The first-order valence-electron chi connectivity index (χ1n) is 4.04. The highest BCUT2D eigenvalue weighted by Crippen LogP contribution is 2.18. The van der Waals surface area contributed by atoms with Gasteiger partial charge in [-0.25, -0.2) is 0 Å². The number of aliphatic hydroxyl groups is 1. The number of amides is 1. The Bertz CT molecular complexity index is 184. The fourth-order valence-corrected chi connectivity index (χ4v) is 0.681. The van der Waals surface area contributed by atoms with Gasteiger partial charge in [0.25, 0.3) is 0 Å². The Kier molecular flexibility index (Phi) is 5.47. The zero-order chi connectivity index (χ0) is 11.2. The number of hydrogen-bond donors (Lipinski definition) is 3. The van der Waals surface area contributed by atoms with Gasteiger partial charge in [0.05, 0.1) is 0 Å². The van der Waals surface area contributed by atoms with E-state index in [1.807, 2.05) is 0 Å². The third-order valence-electron chi connectivity index (χ3n) is 1.52. The minimum absolute atomic E-state index is 0.0844. The standard InChI is InChI=1S/C7H13F3N2O2/c1-11-6(14)2-3-12-4-5(13)7(8,9)10/h5,12-13H,2-4H2,1H3,(H,11,14). The van der Waals surface area contributed by atoms with Gasteiger partial charge in [0.15, 0.2) is 6.10 Å². The van der Waals surface area contributed by atoms with Crippen molar-refractivity contribution in [2.24, 2.45) is 0 Å². The van der Waals surface area contributed by atoms with Crippen molar-refractivity contribution in [1.82, 2.24) is 10.6 Å². The fraction of sp³-hybridized carbons (Fsp3) is 0.857. The average Bonchev–Trinajstić information content (AvgIpc) is 2.09. The molecule has 7 heteroatoms. The van der Waals surface area contributed by atoms with E-state index in [2.05, 4.69) is 10.6 Å². The molecule has 0 rings (SSSR count). The molecule has 0 aliphatic carbocycles. The van der Waals surface area contributed by atoms with Crippen LogP contribution in [0.5, 0.6) is 0 Å². The summed E-state index contributed by atoms with van der Waals surface area (Å²) in [5.74, 6) is -0.265. The zero-order valence-corrected chi connectivity index (χ0v) is 7.69. The van der Waals surface area contributed by atoms with E-state index in [-0.39, 0.29) is 18.9 Å². The van der Waals surface area contributed by atoms with E-state index in [9.17, 15) is 18.0 Å². The number of carbonyl (C=O) groups excluding carboxylic acids is 1. The van der Waals surface area contributed by atoms with Crippen LogP contribution in [0.25, 0.3) is 0 Å². The van der Waals surface area contributed by atoms with Gasteiger partial charge in [-0.1, -0.05) is 0 Å². The minimum atomic E-state index is -4.61. The Morgan fingerprint density at radius 3 is 2.50 bits per heavy atom. The minimum Gasteiger partial charge on any atom is -0.382 e. The van der Waals surface area contributed by atoms with Crippen molar-refractivity contribution in [2.75, 3.05) is 20.1 Å². The molecule has 14 heavy (non-hydrogen) atoms. The summed E-state index contributed by atoms with van der Waals surface area (Å²) < 4.78 is 35.2. The summed E-state index contributed by atoms with van der Waals surface area (Å²) in [6.45, 7) is -0.493. The second-order valence-electron chi connectivity index (χ2n) is 2.68. The highest BCUT2D eigenvalue weighted by atomic mass is 19.4. The van der Waals surface area contributed by atoms with Crippen LogP contribution in [-0.4, -0.2) is 43.4 Å². The van der Waals surface area contributed by atoms with Crippen LogP contribution in [-0.2, 0) is 4.79 Å². The summed E-state index contributed by atoms with van der Waals surface area (Å²) in [5, 5.41) is 13.2. The van der Waals surface area contributed by atoms with Gasteiger partial charge >= 0.3 is 6.18 Å². The number of halogens is 3. The van der Waals surface area contributed by atoms with Crippen LogP contribution in [0.2, 0.25) is 0 Å². The largest absolute Gasteiger partial charge is 0.415 e. The van der Waals surface area contributed by atoms with Gasteiger partial charge < -0.3 is 15.7 Å². The number of alkyl halides is 3. The smallest absolute Gasteiger partial charge is 0.382 e. The third-order valence-corrected chi connectivity index (χ3v) is 1.52. The Morgan fingerprint density at radius 1 is 1.50 bits per heavy atom. The molecule has 0 saturated carbocycles. The van der Waals surface area contributed by atoms with Crippen LogP contribution in [0.3, 0.4) is 0 Å². The van der Waals surface area contributed by atoms with Gasteiger partial charge in [-0.15, -0.1) is 0 Å². The molecule has 0 aliphatic heterocycles. The molecule has 0 fully saturated rings. The Balaban J connectivity index is 3.50. The van der Waals surface area contributed by atoms with E-state index >= 15 is 0 Å². The van der Waals surface area contributed by atoms with Crippen LogP contribution in [0, 0.1) is 0 Å². The Labute approximate surface area is 79.5 Å². The number of hydrogen-bond acceptors (Lipinski definition) is 3. The molecule has 1 atom stereocenters. The zero-order valence-electron chi connectivity index (χ0n) is 7.69. The fourth-order valence-electron chi connectivity index (χ4n) is 0.681. The maximum atomic E-state index is 11.7. The molecular weight excluding hydrogens is 201 g/mol. The molecule has 3 N–H and O–H groups in total. The van der Waals surface area contributed by atoms with Crippen molar-refractivity contribution < 1.29 is 23.1 Å². The lowest BCUT2D eigenvalue weighted by Gasteiger charge is -2.14. The van der Waals surface area contributed by atoms with E-state index in [1.165, 1.54) is 7.05 Å². The monoisotopic (exact) mass is 214 g/mol. The summed E-state index contributed by atoms with van der Waals surface area (Å²) in [5.41, 5.74) is 0. The molecule has 0 radical (unpaired) electrons. The highest BCUT2D eigenvalue weighted by Gasteiger charge is 2.37. The van der Waals surface area contributed by atoms with Gasteiger partial charge in [-0.05, 0) is 0 Å². The van der Waals surface area contributed by atoms with Crippen molar-refractivity contribution in [3.05, 3.63) is 0 Å². The molecule has 1 amide bonds. The summed E-state index contributed by atoms with van der Waals surface area (Å²) in [7, 11) is 1.44. The Hall–Kier alpha value is -0.820. The summed E-state index contributed by atoms with van der Waals surface area (Å²) in [6, 6.07) is 0. The van der Waals surface area contributed by atoms with Crippen molar-refractivity contribution in [3.8, 4) is 0 Å². The van der Waals surface area contributed by atoms with Crippen LogP contribution >= 0.6 is 0 Å². The quantitative estimate of drug-likeness (QED) is 0.547. The van der Waals surface area contributed by atoms with Gasteiger partial charge in [0.2, 0.25) is 5.91 Å². The number of rotatable bonds is 5. The van der Waals surface area contributed by atoms with Crippen molar-refractivity contribution in [1.29, 1.82) is 0 Å². The molecule has 0 bridgehead atoms.